The van der Waals surface area contributed by atoms with Gasteiger partial charge in [-0.25, -0.2) is 9.78 Å². The van der Waals surface area contributed by atoms with Gasteiger partial charge in [0.25, 0.3) is 5.91 Å². The predicted octanol–water partition coefficient (Wildman–Crippen LogP) is 4.37. The first-order valence-corrected chi connectivity index (χ1v) is 10.8. The van der Waals surface area contributed by atoms with Crippen LogP contribution >= 0.6 is 23.2 Å². The summed E-state index contributed by atoms with van der Waals surface area (Å²) < 4.78 is 4.85. The third-order valence-electron chi connectivity index (χ3n) is 4.63. The minimum absolute atomic E-state index is 0.111. The van der Waals surface area contributed by atoms with E-state index < -0.39 is 17.9 Å². The molecule has 0 aliphatic rings. The zero-order valence-electron chi connectivity index (χ0n) is 17.8. The highest BCUT2D eigenvalue weighted by molar-refractivity contribution is 6.39. The van der Waals surface area contributed by atoms with Crippen LogP contribution in [0.4, 0.5) is 5.82 Å². The average Bonchev–Trinajstić information content (AvgIpc) is 2.82. The molecule has 6 nitrogen and oxygen atoms in total. The van der Waals surface area contributed by atoms with E-state index in [0.717, 1.165) is 16.9 Å². The molecule has 1 unspecified atom stereocenters. The Labute approximate surface area is 202 Å². The van der Waals surface area contributed by atoms with Crippen molar-refractivity contribution < 1.29 is 14.3 Å². The molecule has 33 heavy (non-hydrogen) atoms. The molecule has 2 aromatic carbocycles. The Hall–Kier alpha value is -3.53. The lowest BCUT2D eigenvalue weighted by atomic mass is 10.0. The number of pyridine rings is 1. The number of ether oxygens (including phenoxy) is 1. The summed E-state index contributed by atoms with van der Waals surface area (Å²) in [5.41, 5.74) is 1.76. The summed E-state index contributed by atoms with van der Waals surface area (Å²) in [5, 5.41) is 6.17. The fraction of sp³-hybridized carbons (Fsp3) is 0.160. The molecule has 3 aromatic rings. The zero-order chi connectivity index (χ0) is 23.6. The second kappa shape index (κ2) is 11.9. The summed E-state index contributed by atoms with van der Waals surface area (Å²) in [7, 11) is 1.27. The average molecular weight is 482 g/mol. The smallest absolute Gasteiger partial charge is 0.328 e. The number of nitrogens with one attached hydrogen (secondary N) is 2. The summed E-state index contributed by atoms with van der Waals surface area (Å²) >= 11 is 12.2. The van der Waals surface area contributed by atoms with Crippen LogP contribution in [0.3, 0.4) is 0 Å². The molecule has 1 atom stereocenters. The van der Waals surface area contributed by atoms with Gasteiger partial charge in [-0.1, -0.05) is 59.3 Å². The molecule has 0 spiro atoms. The maximum absolute atomic E-state index is 12.7. The second-order valence-corrected chi connectivity index (χ2v) is 7.73. The van der Waals surface area contributed by atoms with E-state index in [4.69, 9.17) is 27.9 Å². The first-order chi connectivity index (χ1) is 16.0. The van der Waals surface area contributed by atoms with Crippen molar-refractivity contribution in [2.45, 2.75) is 12.5 Å². The van der Waals surface area contributed by atoms with E-state index in [-0.39, 0.29) is 22.0 Å². The van der Waals surface area contributed by atoms with Crippen LogP contribution in [-0.2, 0) is 16.0 Å². The molecule has 3 rings (SSSR count). The lowest BCUT2D eigenvalue weighted by Crippen LogP contribution is -2.43. The molecule has 1 aromatic heterocycles. The van der Waals surface area contributed by atoms with Crippen LogP contribution < -0.4 is 10.6 Å². The van der Waals surface area contributed by atoms with Gasteiger partial charge in [-0.2, -0.15) is 0 Å². The highest BCUT2D eigenvalue weighted by Crippen LogP contribution is 2.24. The molecule has 0 saturated carbocycles. The van der Waals surface area contributed by atoms with E-state index in [1.807, 2.05) is 42.5 Å². The van der Waals surface area contributed by atoms with Crippen LogP contribution in [0.2, 0.25) is 10.0 Å². The number of hydrogen-bond acceptors (Lipinski definition) is 5. The van der Waals surface area contributed by atoms with Crippen molar-refractivity contribution >= 4 is 40.9 Å². The molecule has 0 aliphatic heterocycles. The van der Waals surface area contributed by atoms with Crippen LogP contribution in [0.25, 0.3) is 0 Å². The zero-order valence-corrected chi connectivity index (χ0v) is 19.3. The van der Waals surface area contributed by atoms with Gasteiger partial charge in [0.05, 0.1) is 29.3 Å². The molecular weight excluding hydrogens is 461 g/mol. The Morgan fingerprint density at radius 3 is 2.39 bits per heavy atom. The molecule has 0 fully saturated rings. The van der Waals surface area contributed by atoms with E-state index in [1.54, 1.807) is 24.4 Å². The highest BCUT2D eigenvalue weighted by Gasteiger charge is 2.24. The normalized spacial score (nSPS) is 11.0. The van der Waals surface area contributed by atoms with Crippen LogP contribution in [-0.4, -0.2) is 36.6 Å². The van der Waals surface area contributed by atoms with Gasteiger partial charge in [0.1, 0.15) is 11.9 Å². The number of anilines is 1. The Morgan fingerprint density at radius 2 is 1.76 bits per heavy atom. The second-order valence-electron chi connectivity index (χ2n) is 6.92. The van der Waals surface area contributed by atoms with Crippen LogP contribution in [0.1, 0.15) is 21.5 Å². The third-order valence-corrected chi connectivity index (χ3v) is 5.26. The minimum atomic E-state index is -0.908. The van der Waals surface area contributed by atoms with Crippen molar-refractivity contribution in [2.24, 2.45) is 0 Å². The monoisotopic (exact) mass is 481 g/mol. The lowest BCUT2D eigenvalue weighted by Gasteiger charge is -2.17. The van der Waals surface area contributed by atoms with Gasteiger partial charge in [0.2, 0.25) is 0 Å². The van der Waals surface area contributed by atoms with E-state index in [0.29, 0.717) is 6.54 Å². The summed E-state index contributed by atoms with van der Waals surface area (Å²) in [6, 6.07) is 16.9. The quantitative estimate of drug-likeness (QED) is 0.386. The number of carbonyl (C=O) groups excluding carboxylic acids is 2. The summed E-state index contributed by atoms with van der Waals surface area (Å²) in [5.74, 6) is 5.74. The van der Waals surface area contributed by atoms with Gasteiger partial charge in [-0.15, -0.1) is 0 Å². The van der Waals surface area contributed by atoms with Gasteiger partial charge in [-0.05, 0) is 42.0 Å². The fourth-order valence-electron chi connectivity index (χ4n) is 2.99. The van der Waals surface area contributed by atoms with Crippen molar-refractivity contribution in [3.05, 3.63) is 93.6 Å². The Bertz CT molecular complexity index is 1150. The van der Waals surface area contributed by atoms with Gasteiger partial charge in [0, 0.05) is 18.2 Å². The molecule has 1 amide bonds. The van der Waals surface area contributed by atoms with Crippen molar-refractivity contribution in [2.75, 3.05) is 19.0 Å². The minimum Gasteiger partial charge on any atom is -0.467 e. The van der Waals surface area contributed by atoms with Gasteiger partial charge in [0.15, 0.2) is 0 Å². The van der Waals surface area contributed by atoms with Gasteiger partial charge in [-0.3, -0.25) is 4.79 Å². The highest BCUT2D eigenvalue weighted by atomic mass is 35.5. The maximum Gasteiger partial charge on any atom is 0.328 e. The number of rotatable bonds is 7. The number of benzene rings is 2. The van der Waals surface area contributed by atoms with E-state index >= 15 is 0 Å². The fourth-order valence-corrected chi connectivity index (χ4v) is 3.56. The van der Waals surface area contributed by atoms with Crippen molar-refractivity contribution in [1.29, 1.82) is 0 Å². The first kappa shape index (κ1) is 24.1. The van der Waals surface area contributed by atoms with Crippen LogP contribution in [0.5, 0.6) is 0 Å². The Kier molecular flexibility index (Phi) is 8.71. The maximum atomic E-state index is 12.7. The number of hydrogen-bond donors (Lipinski definition) is 2. The molecule has 0 aliphatic carbocycles. The van der Waals surface area contributed by atoms with Crippen LogP contribution in [0, 0.1) is 11.8 Å². The third kappa shape index (κ3) is 6.98. The number of carbonyl (C=O) groups is 2. The van der Waals surface area contributed by atoms with Crippen LogP contribution in [0.15, 0.2) is 66.9 Å². The molecular formula is C25H21Cl2N3O3. The van der Waals surface area contributed by atoms with Crippen molar-refractivity contribution in [3.63, 3.8) is 0 Å². The number of esters is 1. The van der Waals surface area contributed by atoms with E-state index in [9.17, 15) is 9.59 Å². The first-order valence-electron chi connectivity index (χ1n) is 10.0. The van der Waals surface area contributed by atoms with Crippen molar-refractivity contribution in [1.82, 2.24) is 10.3 Å². The van der Waals surface area contributed by atoms with Gasteiger partial charge < -0.3 is 15.4 Å². The molecule has 0 radical (unpaired) electrons. The SMILES string of the molecule is COC(=O)C(Cc1ccc(C#CCNc2ccccn2)cc1)NC(=O)c1c(Cl)cccc1Cl. The Balaban J connectivity index is 1.63. The molecule has 0 bridgehead atoms. The summed E-state index contributed by atoms with van der Waals surface area (Å²) in [4.78, 5) is 29.1. The molecule has 1 heterocycles. The lowest BCUT2D eigenvalue weighted by molar-refractivity contribution is -0.142. The predicted molar refractivity (Wildman–Crippen MR) is 129 cm³/mol. The topological polar surface area (TPSA) is 80.3 Å². The van der Waals surface area contributed by atoms with Crippen molar-refractivity contribution in [3.8, 4) is 11.8 Å². The van der Waals surface area contributed by atoms with E-state index in [2.05, 4.69) is 27.5 Å². The molecule has 2 N–H and O–H groups in total. The molecule has 168 valence electrons. The standard InChI is InChI=1S/C25H21Cl2N3O3/c1-33-25(32)21(30-24(31)23-19(26)7-4-8-20(23)27)16-18-12-10-17(11-13-18)6-5-15-29-22-9-2-3-14-28-22/h2-4,7-14,21H,15-16H2,1H3,(H,28,29)(H,30,31). The summed E-state index contributed by atoms with van der Waals surface area (Å²) in [6.07, 6.45) is 1.94. The number of aromatic nitrogens is 1. The number of halogens is 2. The van der Waals surface area contributed by atoms with Gasteiger partial charge >= 0.3 is 5.97 Å². The molecule has 0 saturated heterocycles. The number of methoxy groups -OCH3 is 1. The largest absolute Gasteiger partial charge is 0.467 e. The Morgan fingerprint density at radius 1 is 1.03 bits per heavy atom. The number of amides is 1. The van der Waals surface area contributed by atoms with E-state index in [1.165, 1.54) is 7.11 Å². The number of nitrogens with zero attached hydrogens (tertiary/aromatic N) is 1. The summed E-state index contributed by atoms with van der Waals surface area (Å²) in [6.45, 7) is 0.458. The molecule has 8 heteroatoms.